The van der Waals surface area contributed by atoms with E-state index in [4.69, 9.17) is 0 Å². The van der Waals surface area contributed by atoms with Crippen LogP contribution in [0.1, 0.15) is 17.3 Å². The Bertz CT molecular complexity index is 608. The summed E-state index contributed by atoms with van der Waals surface area (Å²) in [6.07, 6.45) is 2.96. The smallest absolute Gasteiger partial charge is 0.255 e. The van der Waals surface area contributed by atoms with Crippen LogP contribution >= 0.6 is 0 Å². The number of nitrogens with one attached hydrogen (secondary N) is 1. The molecule has 0 saturated heterocycles. The number of aromatic hydroxyl groups is 1. The average molecular weight is 289 g/mol. The van der Waals surface area contributed by atoms with Crippen molar-refractivity contribution in [2.45, 2.75) is 13.0 Å². The molecule has 112 valence electrons. The third-order valence-electron chi connectivity index (χ3n) is 3.22. The maximum atomic E-state index is 12.2. The molecule has 2 N–H and O–H groups in total. The maximum Gasteiger partial charge on any atom is 0.255 e. The van der Waals surface area contributed by atoms with Crippen LogP contribution in [0.5, 0.6) is 5.88 Å². The second-order valence-corrected chi connectivity index (χ2v) is 4.88. The van der Waals surface area contributed by atoms with E-state index < -0.39 is 0 Å². The molecule has 0 bridgehead atoms. The molecule has 1 amide bonds. The number of carbonyl (C=O) groups is 1. The molecular weight excluding hydrogens is 270 g/mol. The van der Waals surface area contributed by atoms with E-state index in [9.17, 15) is 9.90 Å². The number of hydrogen-bond donors (Lipinski definition) is 2. The monoisotopic (exact) mass is 289 g/mol. The van der Waals surface area contributed by atoms with Crippen LogP contribution in [0, 0.1) is 0 Å². The fourth-order valence-corrected chi connectivity index (χ4v) is 1.92. The van der Waals surface area contributed by atoms with E-state index in [1.807, 2.05) is 14.0 Å². The highest BCUT2D eigenvalue weighted by Gasteiger charge is 2.14. The van der Waals surface area contributed by atoms with Gasteiger partial charge in [-0.15, -0.1) is 0 Å². The first-order valence-electron chi connectivity index (χ1n) is 6.65. The standard InChI is InChI=1S/C14H19N5O2/c1-10(15-2)9-18(3)14(21)11-4-5-12(16-8-11)19-13(20)6-7-17-19/h4-8,10,15,20H,9H2,1-3H3. The molecule has 2 heterocycles. The van der Waals surface area contributed by atoms with E-state index in [1.54, 1.807) is 24.1 Å². The van der Waals surface area contributed by atoms with Crippen LogP contribution < -0.4 is 5.32 Å². The van der Waals surface area contributed by atoms with E-state index >= 15 is 0 Å². The Kier molecular flexibility index (Phi) is 4.54. The Hall–Kier alpha value is -2.41. The van der Waals surface area contributed by atoms with Gasteiger partial charge in [-0.2, -0.15) is 9.78 Å². The fraction of sp³-hybridized carbons (Fsp3) is 0.357. The average Bonchev–Trinajstić information content (AvgIpc) is 2.92. The molecule has 2 aromatic heterocycles. The summed E-state index contributed by atoms with van der Waals surface area (Å²) in [5.74, 6) is 0.364. The first-order chi connectivity index (χ1) is 10.0. The predicted molar refractivity (Wildman–Crippen MR) is 78.5 cm³/mol. The lowest BCUT2D eigenvalue weighted by molar-refractivity contribution is 0.0784. The van der Waals surface area contributed by atoms with Crippen LogP contribution in [0.15, 0.2) is 30.6 Å². The summed E-state index contributed by atoms with van der Waals surface area (Å²) < 4.78 is 1.29. The number of amides is 1. The third-order valence-corrected chi connectivity index (χ3v) is 3.22. The highest BCUT2D eigenvalue weighted by molar-refractivity contribution is 5.93. The minimum Gasteiger partial charge on any atom is -0.493 e. The largest absolute Gasteiger partial charge is 0.493 e. The van der Waals surface area contributed by atoms with Crippen LogP contribution in [0.4, 0.5) is 0 Å². The van der Waals surface area contributed by atoms with Gasteiger partial charge in [-0.3, -0.25) is 4.79 Å². The molecule has 0 radical (unpaired) electrons. The molecule has 0 aromatic carbocycles. The van der Waals surface area contributed by atoms with Crippen molar-refractivity contribution in [1.29, 1.82) is 0 Å². The molecule has 7 nitrogen and oxygen atoms in total. The molecular formula is C14H19N5O2. The lowest BCUT2D eigenvalue weighted by Crippen LogP contribution is -2.38. The summed E-state index contributed by atoms with van der Waals surface area (Å²) in [5, 5.41) is 16.6. The second-order valence-electron chi connectivity index (χ2n) is 4.88. The minimum absolute atomic E-state index is 0.00143. The molecule has 7 heteroatoms. The normalized spacial score (nSPS) is 12.1. The zero-order valence-electron chi connectivity index (χ0n) is 12.3. The summed E-state index contributed by atoms with van der Waals surface area (Å²) >= 11 is 0. The summed E-state index contributed by atoms with van der Waals surface area (Å²) in [7, 11) is 3.61. The third kappa shape index (κ3) is 3.38. The Morgan fingerprint density at radius 3 is 2.76 bits per heavy atom. The van der Waals surface area contributed by atoms with Gasteiger partial charge in [0.25, 0.3) is 5.91 Å². The molecule has 0 aliphatic carbocycles. The lowest BCUT2D eigenvalue weighted by atomic mass is 10.2. The van der Waals surface area contributed by atoms with Crippen molar-refractivity contribution in [3.05, 3.63) is 36.2 Å². The van der Waals surface area contributed by atoms with Gasteiger partial charge >= 0.3 is 0 Å². The number of aromatic nitrogens is 3. The van der Waals surface area contributed by atoms with Gasteiger partial charge in [-0.1, -0.05) is 0 Å². The number of hydrogen-bond acceptors (Lipinski definition) is 5. The summed E-state index contributed by atoms with van der Waals surface area (Å²) in [6.45, 7) is 2.61. The van der Waals surface area contributed by atoms with E-state index in [1.165, 1.54) is 23.1 Å². The first-order valence-corrected chi connectivity index (χ1v) is 6.65. The minimum atomic E-state index is -0.0964. The van der Waals surface area contributed by atoms with Gasteiger partial charge in [-0.25, -0.2) is 4.98 Å². The maximum absolute atomic E-state index is 12.2. The topological polar surface area (TPSA) is 83.3 Å². The molecule has 21 heavy (non-hydrogen) atoms. The zero-order valence-corrected chi connectivity index (χ0v) is 12.3. The molecule has 0 aliphatic rings. The van der Waals surface area contributed by atoms with Crippen LogP contribution in [0.2, 0.25) is 0 Å². The van der Waals surface area contributed by atoms with Crippen molar-refractivity contribution in [2.75, 3.05) is 20.6 Å². The number of carbonyl (C=O) groups excluding carboxylic acids is 1. The van der Waals surface area contributed by atoms with Crippen molar-refractivity contribution in [1.82, 2.24) is 25.0 Å². The van der Waals surface area contributed by atoms with E-state index in [-0.39, 0.29) is 17.8 Å². The molecule has 2 aromatic rings. The Morgan fingerprint density at radius 2 is 2.24 bits per heavy atom. The molecule has 0 spiro atoms. The molecule has 0 saturated carbocycles. The van der Waals surface area contributed by atoms with Crippen molar-refractivity contribution in [2.24, 2.45) is 0 Å². The van der Waals surface area contributed by atoms with Gasteiger partial charge in [0.2, 0.25) is 5.88 Å². The van der Waals surface area contributed by atoms with Gasteiger partial charge in [-0.05, 0) is 26.1 Å². The van der Waals surface area contributed by atoms with Crippen LogP contribution in [-0.4, -0.2) is 57.4 Å². The van der Waals surface area contributed by atoms with Gasteiger partial charge in [0.1, 0.15) is 0 Å². The second kappa shape index (κ2) is 6.36. The number of pyridine rings is 1. The van der Waals surface area contributed by atoms with Crippen molar-refractivity contribution in [3.8, 4) is 11.7 Å². The number of likely N-dealkylation sites (N-methyl/N-ethyl adjacent to an activating group) is 2. The van der Waals surface area contributed by atoms with Crippen LogP contribution in [0.25, 0.3) is 5.82 Å². The van der Waals surface area contributed by atoms with Crippen molar-refractivity contribution < 1.29 is 9.90 Å². The van der Waals surface area contributed by atoms with E-state index in [2.05, 4.69) is 15.4 Å². The van der Waals surface area contributed by atoms with Gasteiger partial charge in [0.15, 0.2) is 5.82 Å². The molecule has 1 unspecified atom stereocenters. The quantitative estimate of drug-likeness (QED) is 0.844. The molecule has 1 atom stereocenters. The predicted octanol–water partition coefficient (Wildman–Crippen LogP) is 0.653. The molecule has 0 fully saturated rings. The number of nitrogens with zero attached hydrogens (tertiary/aromatic N) is 4. The Labute approximate surface area is 123 Å². The van der Waals surface area contributed by atoms with E-state index in [0.717, 1.165) is 0 Å². The van der Waals surface area contributed by atoms with Crippen molar-refractivity contribution >= 4 is 5.91 Å². The van der Waals surface area contributed by atoms with Crippen molar-refractivity contribution in [3.63, 3.8) is 0 Å². The Balaban J connectivity index is 2.12. The van der Waals surface area contributed by atoms with Gasteiger partial charge in [0, 0.05) is 31.9 Å². The zero-order chi connectivity index (χ0) is 15.4. The number of rotatable bonds is 5. The highest BCUT2D eigenvalue weighted by atomic mass is 16.3. The van der Waals surface area contributed by atoms with E-state index in [0.29, 0.717) is 17.9 Å². The van der Waals surface area contributed by atoms with Gasteiger partial charge in [0.05, 0.1) is 11.8 Å². The van der Waals surface area contributed by atoms with Crippen LogP contribution in [-0.2, 0) is 0 Å². The van der Waals surface area contributed by atoms with Gasteiger partial charge < -0.3 is 15.3 Å². The summed E-state index contributed by atoms with van der Waals surface area (Å²) in [4.78, 5) is 18.1. The molecule has 0 aliphatic heterocycles. The molecule has 2 rings (SSSR count). The highest BCUT2D eigenvalue weighted by Crippen LogP contribution is 2.13. The fourth-order valence-electron chi connectivity index (χ4n) is 1.92. The Morgan fingerprint density at radius 1 is 1.48 bits per heavy atom. The lowest BCUT2D eigenvalue weighted by Gasteiger charge is -2.21. The first kappa shape index (κ1) is 15.0. The summed E-state index contributed by atoms with van der Waals surface area (Å²) in [6, 6.07) is 5.00. The summed E-state index contributed by atoms with van der Waals surface area (Å²) in [5.41, 5.74) is 0.496. The van der Waals surface area contributed by atoms with Crippen LogP contribution in [0.3, 0.4) is 0 Å². The SMILES string of the molecule is CNC(C)CN(C)C(=O)c1ccc(-n2nccc2O)nc1.